The van der Waals surface area contributed by atoms with Gasteiger partial charge in [-0.3, -0.25) is 14.4 Å². The summed E-state index contributed by atoms with van der Waals surface area (Å²) in [6, 6.07) is 4.59. The second-order valence-corrected chi connectivity index (χ2v) is 23.5. The Morgan fingerprint density at radius 1 is 0.899 bits per heavy atom. The number of aromatic nitrogens is 1. The molecule has 5 N–H and O–H groups in total. The van der Waals surface area contributed by atoms with Crippen molar-refractivity contribution in [1.29, 1.82) is 0 Å². The van der Waals surface area contributed by atoms with Gasteiger partial charge in [-0.05, 0) is 132 Å². The van der Waals surface area contributed by atoms with Crippen LogP contribution in [0.1, 0.15) is 131 Å². The van der Waals surface area contributed by atoms with E-state index < -0.39 is 113 Å². The lowest BCUT2D eigenvalue weighted by atomic mass is 9.77. The summed E-state index contributed by atoms with van der Waals surface area (Å²) in [5.74, 6) is -4.69. The molecule has 21 heteroatoms. The third-order valence-corrected chi connectivity index (χ3v) is 16.7. The van der Waals surface area contributed by atoms with E-state index in [-0.39, 0.29) is 69.1 Å². The van der Waals surface area contributed by atoms with E-state index in [0.717, 1.165) is 5.56 Å². The molecule has 2 aromatic rings. The van der Waals surface area contributed by atoms with Gasteiger partial charge in [0.15, 0.2) is 18.7 Å². The number of carbonyl (C=O) groups excluding carboxylic acids is 2. The Hall–Kier alpha value is -3.68. The van der Waals surface area contributed by atoms with E-state index in [1.807, 2.05) is 63.8 Å². The number of carboxylic acid groups (broad SMARTS) is 1. The number of aliphatic hydroxyl groups excluding tert-OH is 2. The van der Waals surface area contributed by atoms with Gasteiger partial charge < -0.3 is 82.5 Å². The largest absolute Gasteiger partial charge is 0.477 e. The highest BCUT2D eigenvalue weighted by atomic mass is 16.7. The molecule has 0 bridgehead atoms. The van der Waals surface area contributed by atoms with E-state index >= 15 is 0 Å². The fourth-order valence-corrected chi connectivity index (χ4v) is 12.0. The standard InChI is InChI=1S/C58H95N3O18/c1-16-44-58(11,70)50(65)37(7)60(14)31-33(3)29-56(9,69)51(79-55-48(64)43(59(12)13)27-34(4)74-55)35(5)49(36(6)54(68)76-44)78-46-30-57(10,71-15)52(38(8)75-46)77-45(62)22-24-73-26-25-72-23-18-19-39-20-21-42-40(28-39)47(63)41(53(66)67)32-61(42)17-2/h20-21,28,32-38,43-44,46,48-52,55,64-65,69-70H,16-19,22-27,29-31H2,1-15H3,(H,66,67)/t33-,34-,35+,36-,37-,38+,43+,44-,46+,48-,49+,50-,51-,52+,55+,56-,57-,58-/m1/s1. The van der Waals surface area contributed by atoms with Crippen LogP contribution < -0.4 is 5.43 Å². The molecule has 1 aromatic heterocycles. The van der Waals surface area contributed by atoms with Crippen molar-refractivity contribution in [2.24, 2.45) is 17.8 Å². The smallest absolute Gasteiger partial charge is 0.341 e. The van der Waals surface area contributed by atoms with E-state index in [0.29, 0.717) is 49.9 Å². The van der Waals surface area contributed by atoms with Crippen molar-refractivity contribution in [1.82, 2.24) is 14.4 Å². The molecule has 0 saturated carbocycles. The van der Waals surface area contributed by atoms with Gasteiger partial charge in [0.2, 0.25) is 5.43 Å². The number of rotatable bonds is 20. The van der Waals surface area contributed by atoms with E-state index in [4.69, 9.17) is 42.6 Å². The third-order valence-electron chi connectivity index (χ3n) is 16.7. The number of aryl methyl sites for hydroxylation is 2. The number of carbonyl (C=O) groups is 3. The third kappa shape index (κ3) is 16.3. The molecule has 3 aliphatic rings. The van der Waals surface area contributed by atoms with E-state index in [1.54, 1.807) is 59.1 Å². The number of hydrogen-bond donors (Lipinski definition) is 5. The van der Waals surface area contributed by atoms with Crippen molar-refractivity contribution in [3.8, 4) is 0 Å². The van der Waals surface area contributed by atoms with Gasteiger partial charge in [0.25, 0.3) is 0 Å². The Balaban J connectivity index is 1.26. The van der Waals surface area contributed by atoms with Crippen LogP contribution in [0.2, 0.25) is 0 Å². The molecular formula is C58H95N3O18. The minimum atomic E-state index is -1.87. The fourth-order valence-electron chi connectivity index (χ4n) is 12.0. The maximum absolute atomic E-state index is 14.6. The van der Waals surface area contributed by atoms with Crippen molar-refractivity contribution in [2.45, 2.75) is 218 Å². The monoisotopic (exact) mass is 1120 g/mol. The number of benzene rings is 1. The number of hydrogen-bond acceptors (Lipinski definition) is 19. The van der Waals surface area contributed by atoms with Crippen molar-refractivity contribution < 1.29 is 82.5 Å². The molecule has 79 heavy (non-hydrogen) atoms. The Kier molecular flexibility index (Phi) is 23.9. The predicted octanol–water partition coefficient (Wildman–Crippen LogP) is 4.54. The average Bonchev–Trinajstić information content (AvgIpc) is 3.40. The number of methoxy groups -OCH3 is 1. The van der Waals surface area contributed by atoms with Gasteiger partial charge in [-0.25, -0.2) is 4.79 Å². The summed E-state index contributed by atoms with van der Waals surface area (Å²) in [5.41, 5.74) is -3.88. The normalized spacial score (nSPS) is 36.6. The van der Waals surface area contributed by atoms with E-state index in [1.165, 1.54) is 20.2 Å². The number of likely N-dealkylation sites (N-methyl/N-ethyl adjacent to an activating group) is 2. The second-order valence-electron chi connectivity index (χ2n) is 23.5. The first-order valence-electron chi connectivity index (χ1n) is 28.3. The number of esters is 2. The van der Waals surface area contributed by atoms with Crippen LogP contribution in [0.25, 0.3) is 10.9 Å². The van der Waals surface area contributed by atoms with Gasteiger partial charge in [0.1, 0.15) is 35.1 Å². The molecular weight excluding hydrogens is 1030 g/mol. The van der Waals surface area contributed by atoms with Crippen LogP contribution in [0, 0.1) is 17.8 Å². The van der Waals surface area contributed by atoms with Crippen LogP contribution in [-0.4, -0.2) is 209 Å². The molecule has 5 rings (SSSR count). The first-order valence-corrected chi connectivity index (χ1v) is 28.3. The number of fused-ring (bicyclic) bond motifs is 1. The van der Waals surface area contributed by atoms with Gasteiger partial charge in [0, 0.05) is 62.8 Å². The molecule has 21 nitrogen and oxygen atoms in total. The van der Waals surface area contributed by atoms with Crippen LogP contribution in [0.3, 0.4) is 0 Å². The zero-order valence-corrected chi connectivity index (χ0v) is 49.5. The summed E-state index contributed by atoms with van der Waals surface area (Å²) in [6.07, 6.45) is -6.57. The topological polar surface area (TPSA) is 264 Å². The molecule has 3 aliphatic heterocycles. The van der Waals surface area contributed by atoms with Crippen LogP contribution in [0.15, 0.2) is 29.2 Å². The molecule has 450 valence electrons. The molecule has 3 fully saturated rings. The van der Waals surface area contributed by atoms with Gasteiger partial charge in [-0.2, -0.15) is 0 Å². The summed E-state index contributed by atoms with van der Waals surface area (Å²) in [4.78, 5) is 56.4. The van der Waals surface area contributed by atoms with Crippen molar-refractivity contribution in [2.75, 3.05) is 61.2 Å². The highest BCUT2D eigenvalue weighted by Gasteiger charge is 2.54. The molecule has 18 atom stereocenters. The summed E-state index contributed by atoms with van der Waals surface area (Å²) in [5, 5.41) is 58.0. The minimum Gasteiger partial charge on any atom is -0.477 e. The first kappa shape index (κ1) is 66.1. The SMILES string of the molecule is CC[C@H]1OC(=O)[C@H](C)[C@@H](O[C@H]2C[C@@](C)(OC)[C@@H](OC(=O)CCOCCOCCCc3ccc4c(c3)c(=O)c(C(=O)O)cn4CC)[C@H](C)O2)[C@H](C)[C@@H](O[C@@H]2O[C@H](C)C[C@H](N(C)C)[C@H]2O)[C@](C)(O)C[C@@H](C)CN(C)[C@H](C)[C@@H](O)[C@]1(C)O. The highest BCUT2D eigenvalue weighted by molar-refractivity contribution is 5.92. The molecule has 4 heterocycles. The average molecular weight is 1120 g/mol. The number of ether oxygens (including phenoxy) is 9. The van der Waals surface area contributed by atoms with Crippen LogP contribution in [-0.2, 0) is 65.2 Å². The predicted molar refractivity (Wildman–Crippen MR) is 293 cm³/mol. The van der Waals surface area contributed by atoms with E-state index in [2.05, 4.69) is 0 Å². The van der Waals surface area contributed by atoms with Gasteiger partial charge in [-0.15, -0.1) is 0 Å². The summed E-state index contributed by atoms with van der Waals surface area (Å²) >= 11 is 0. The zero-order chi connectivity index (χ0) is 58.9. The van der Waals surface area contributed by atoms with Crippen LogP contribution in [0.5, 0.6) is 0 Å². The van der Waals surface area contributed by atoms with Crippen molar-refractivity contribution >= 4 is 28.8 Å². The van der Waals surface area contributed by atoms with Gasteiger partial charge in [0.05, 0.1) is 67.7 Å². The lowest BCUT2D eigenvalue weighted by molar-refractivity contribution is -0.318. The quantitative estimate of drug-likeness (QED) is 0.0900. The number of cyclic esters (lactones) is 1. The number of carboxylic acids is 1. The minimum absolute atomic E-state index is 0.0316. The summed E-state index contributed by atoms with van der Waals surface area (Å²) < 4.78 is 58.0. The number of aromatic carboxylic acids is 1. The fraction of sp³-hybridized carbons (Fsp3) is 0.793. The highest BCUT2D eigenvalue weighted by Crippen LogP contribution is 2.41. The maximum atomic E-state index is 14.6. The molecule has 0 unspecified atom stereocenters. The molecule has 1 aromatic carbocycles. The molecule has 0 aliphatic carbocycles. The zero-order valence-electron chi connectivity index (χ0n) is 49.5. The van der Waals surface area contributed by atoms with Gasteiger partial charge in [-0.1, -0.05) is 26.8 Å². The number of pyridine rings is 1. The molecule has 3 saturated heterocycles. The Morgan fingerprint density at radius 3 is 2.19 bits per heavy atom. The lowest BCUT2D eigenvalue weighted by Crippen LogP contribution is -2.61. The molecule has 0 spiro atoms. The summed E-state index contributed by atoms with van der Waals surface area (Å²) in [7, 11) is 7.06. The lowest BCUT2D eigenvalue weighted by Gasteiger charge is -2.49. The van der Waals surface area contributed by atoms with Gasteiger partial charge >= 0.3 is 17.9 Å². The number of nitrogens with zero attached hydrogens (tertiary/aromatic N) is 3. The first-order chi connectivity index (χ1) is 37.0. The Morgan fingerprint density at radius 2 is 1.57 bits per heavy atom. The van der Waals surface area contributed by atoms with E-state index in [9.17, 15) is 44.7 Å². The maximum Gasteiger partial charge on any atom is 0.341 e. The van der Waals surface area contributed by atoms with Crippen LogP contribution in [0.4, 0.5) is 0 Å². The van der Waals surface area contributed by atoms with Crippen LogP contribution >= 0.6 is 0 Å². The Bertz CT molecular complexity index is 2360. The van der Waals surface area contributed by atoms with Crippen molar-refractivity contribution in [3.05, 3.63) is 45.7 Å². The second kappa shape index (κ2) is 28.5. The molecule has 0 radical (unpaired) electrons. The number of aliphatic hydroxyl groups is 4. The summed E-state index contributed by atoms with van der Waals surface area (Å²) in [6.45, 7) is 21.3. The molecule has 0 amide bonds. The van der Waals surface area contributed by atoms with Crippen molar-refractivity contribution in [3.63, 3.8) is 0 Å². The Labute approximate surface area is 467 Å².